The molecule has 0 saturated carbocycles. The van der Waals surface area contributed by atoms with Crippen LogP contribution in [0.3, 0.4) is 0 Å². The number of rotatable bonds is 3. The second-order valence-electron chi connectivity index (χ2n) is 4.82. The summed E-state index contributed by atoms with van der Waals surface area (Å²) in [5.41, 5.74) is -0.417. The average Bonchev–Trinajstić information content (AvgIpc) is 1.99. The molecule has 0 radical (unpaired) electrons. The minimum absolute atomic E-state index is 0.162. The molecular formula is C11H23NO2. The molecule has 1 amide bonds. The third-order valence-electron chi connectivity index (χ3n) is 2.24. The molecule has 0 bridgehead atoms. The largest absolute Gasteiger partial charge is 0.444 e. The predicted octanol–water partition coefficient (Wildman–Crippen LogP) is 2.95. The smallest absolute Gasteiger partial charge is 0.407 e. The Bertz CT molecular complexity index is 184. The van der Waals surface area contributed by atoms with E-state index in [1.54, 1.807) is 0 Å². The van der Waals surface area contributed by atoms with E-state index in [9.17, 15) is 4.79 Å². The highest BCUT2D eigenvalue weighted by atomic mass is 16.6. The molecule has 0 aliphatic carbocycles. The minimum atomic E-state index is -0.417. The summed E-state index contributed by atoms with van der Waals surface area (Å²) in [4.78, 5) is 11.4. The zero-order valence-electron chi connectivity index (χ0n) is 10.2. The molecule has 0 rings (SSSR count). The molecule has 0 aromatic heterocycles. The van der Waals surface area contributed by atoms with Gasteiger partial charge < -0.3 is 10.1 Å². The van der Waals surface area contributed by atoms with Gasteiger partial charge in [-0.3, -0.25) is 0 Å². The lowest BCUT2D eigenvalue weighted by Crippen LogP contribution is -2.40. The lowest BCUT2D eigenvalue weighted by atomic mass is 10.0. The van der Waals surface area contributed by atoms with Crippen LogP contribution in [0.25, 0.3) is 0 Å². The van der Waals surface area contributed by atoms with Crippen LogP contribution in [0.5, 0.6) is 0 Å². The first-order valence-corrected chi connectivity index (χ1v) is 5.25. The number of carbonyl (C=O) groups is 1. The molecule has 1 N–H and O–H groups in total. The van der Waals surface area contributed by atoms with Crippen molar-refractivity contribution >= 4 is 6.09 Å². The first-order valence-electron chi connectivity index (χ1n) is 5.25. The zero-order chi connectivity index (χ0) is 11.4. The molecular weight excluding hydrogens is 178 g/mol. The topological polar surface area (TPSA) is 38.3 Å². The molecule has 14 heavy (non-hydrogen) atoms. The van der Waals surface area contributed by atoms with Gasteiger partial charge >= 0.3 is 6.09 Å². The van der Waals surface area contributed by atoms with Gasteiger partial charge in [0, 0.05) is 6.04 Å². The normalized spacial score (nSPS) is 15.9. The van der Waals surface area contributed by atoms with Crippen LogP contribution < -0.4 is 5.32 Å². The number of nitrogens with one attached hydrogen (secondary N) is 1. The highest BCUT2D eigenvalue weighted by molar-refractivity contribution is 5.68. The van der Waals surface area contributed by atoms with E-state index in [4.69, 9.17) is 4.74 Å². The van der Waals surface area contributed by atoms with Gasteiger partial charge in [0.25, 0.3) is 0 Å². The summed E-state index contributed by atoms with van der Waals surface area (Å²) >= 11 is 0. The Kier molecular flexibility index (Phi) is 4.95. The van der Waals surface area contributed by atoms with E-state index in [0.717, 1.165) is 6.42 Å². The van der Waals surface area contributed by atoms with Crippen LogP contribution >= 0.6 is 0 Å². The van der Waals surface area contributed by atoms with Crippen molar-refractivity contribution < 1.29 is 9.53 Å². The molecule has 0 fully saturated rings. The quantitative estimate of drug-likeness (QED) is 0.762. The highest BCUT2D eigenvalue weighted by Gasteiger charge is 2.19. The standard InChI is InChI=1S/C11H23NO2/c1-7-8(2)9(3)12-10(13)14-11(4,5)6/h8-9H,7H2,1-6H3,(H,12,13)/t8-,9+/m0/s1. The van der Waals surface area contributed by atoms with Gasteiger partial charge in [-0.1, -0.05) is 20.3 Å². The fraction of sp³-hybridized carbons (Fsp3) is 0.909. The summed E-state index contributed by atoms with van der Waals surface area (Å²) in [6, 6.07) is 0.162. The van der Waals surface area contributed by atoms with Crippen LogP contribution in [-0.2, 0) is 4.74 Å². The number of carbonyl (C=O) groups excluding carboxylic acids is 1. The maximum absolute atomic E-state index is 11.4. The fourth-order valence-corrected chi connectivity index (χ4v) is 0.989. The first kappa shape index (κ1) is 13.3. The summed E-state index contributed by atoms with van der Waals surface area (Å²) in [5.74, 6) is 0.475. The van der Waals surface area contributed by atoms with Crippen molar-refractivity contribution in [2.45, 2.75) is 59.6 Å². The third-order valence-corrected chi connectivity index (χ3v) is 2.24. The Labute approximate surface area is 87.2 Å². The van der Waals surface area contributed by atoms with E-state index in [-0.39, 0.29) is 12.1 Å². The summed E-state index contributed by atoms with van der Waals surface area (Å²) < 4.78 is 5.15. The SMILES string of the molecule is CC[C@H](C)[C@@H](C)NC(=O)OC(C)(C)C. The second kappa shape index (κ2) is 5.23. The number of hydrogen-bond donors (Lipinski definition) is 1. The van der Waals surface area contributed by atoms with Crippen LogP contribution in [0.4, 0.5) is 4.79 Å². The summed E-state index contributed by atoms with van der Waals surface area (Å²) in [5, 5.41) is 2.83. The molecule has 2 atom stereocenters. The fourth-order valence-electron chi connectivity index (χ4n) is 0.989. The minimum Gasteiger partial charge on any atom is -0.444 e. The predicted molar refractivity (Wildman–Crippen MR) is 58.3 cm³/mol. The van der Waals surface area contributed by atoms with E-state index in [1.807, 2.05) is 27.7 Å². The molecule has 0 unspecified atom stereocenters. The summed E-state index contributed by atoms with van der Waals surface area (Å²) in [7, 11) is 0. The lowest BCUT2D eigenvalue weighted by Gasteiger charge is -2.24. The average molecular weight is 201 g/mol. The molecule has 3 heteroatoms. The Morgan fingerprint density at radius 2 is 1.86 bits per heavy atom. The monoisotopic (exact) mass is 201 g/mol. The van der Waals surface area contributed by atoms with Crippen molar-refractivity contribution in [3.63, 3.8) is 0 Å². The van der Waals surface area contributed by atoms with Crippen LogP contribution in [0.1, 0.15) is 48.0 Å². The van der Waals surface area contributed by atoms with Gasteiger partial charge in [-0.05, 0) is 33.6 Å². The molecule has 0 aliphatic rings. The Morgan fingerprint density at radius 3 is 2.21 bits per heavy atom. The van der Waals surface area contributed by atoms with Crippen molar-refractivity contribution in [1.29, 1.82) is 0 Å². The molecule has 0 aliphatic heterocycles. The molecule has 0 aromatic rings. The maximum Gasteiger partial charge on any atom is 0.407 e. The summed E-state index contributed by atoms with van der Waals surface area (Å²) in [6.45, 7) is 11.8. The molecule has 0 spiro atoms. The lowest BCUT2D eigenvalue weighted by molar-refractivity contribution is 0.0493. The number of hydrogen-bond acceptors (Lipinski definition) is 2. The van der Waals surface area contributed by atoms with E-state index in [2.05, 4.69) is 19.2 Å². The van der Waals surface area contributed by atoms with E-state index in [0.29, 0.717) is 5.92 Å². The summed E-state index contributed by atoms with van der Waals surface area (Å²) in [6.07, 6.45) is 0.724. The molecule has 0 saturated heterocycles. The number of ether oxygens (including phenoxy) is 1. The Morgan fingerprint density at radius 1 is 1.36 bits per heavy atom. The highest BCUT2D eigenvalue weighted by Crippen LogP contribution is 2.10. The van der Waals surface area contributed by atoms with E-state index in [1.165, 1.54) is 0 Å². The van der Waals surface area contributed by atoms with Gasteiger partial charge in [0.05, 0.1) is 0 Å². The molecule has 0 aromatic carbocycles. The Hall–Kier alpha value is -0.730. The third kappa shape index (κ3) is 5.84. The number of alkyl carbamates (subject to hydrolysis) is 1. The second-order valence-corrected chi connectivity index (χ2v) is 4.82. The molecule has 3 nitrogen and oxygen atoms in total. The van der Waals surface area contributed by atoms with Crippen LogP contribution in [0.15, 0.2) is 0 Å². The van der Waals surface area contributed by atoms with Gasteiger partial charge in [-0.25, -0.2) is 4.79 Å². The van der Waals surface area contributed by atoms with Crippen molar-refractivity contribution in [3.05, 3.63) is 0 Å². The van der Waals surface area contributed by atoms with Gasteiger partial charge in [-0.15, -0.1) is 0 Å². The van der Waals surface area contributed by atoms with Crippen molar-refractivity contribution in [1.82, 2.24) is 5.32 Å². The van der Waals surface area contributed by atoms with Crippen LogP contribution in [-0.4, -0.2) is 17.7 Å². The van der Waals surface area contributed by atoms with Gasteiger partial charge in [0.2, 0.25) is 0 Å². The van der Waals surface area contributed by atoms with Crippen LogP contribution in [0, 0.1) is 5.92 Å². The molecule has 84 valence electrons. The maximum atomic E-state index is 11.4. The first-order chi connectivity index (χ1) is 6.26. The Balaban J connectivity index is 3.95. The van der Waals surface area contributed by atoms with Crippen molar-refractivity contribution in [2.75, 3.05) is 0 Å². The van der Waals surface area contributed by atoms with Crippen molar-refractivity contribution in [3.8, 4) is 0 Å². The zero-order valence-corrected chi connectivity index (χ0v) is 10.2. The van der Waals surface area contributed by atoms with Crippen LogP contribution in [0.2, 0.25) is 0 Å². The van der Waals surface area contributed by atoms with Gasteiger partial charge in [0.15, 0.2) is 0 Å². The van der Waals surface area contributed by atoms with Gasteiger partial charge in [0.1, 0.15) is 5.60 Å². The van der Waals surface area contributed by atoms with E-state index < -0.39 is 5.60 Å². The van der Waals surface area contributed by atoms with Crippen molar-refractivity contribution in [2.24, 2.45) is 5.92 Å². The number of amides is 1. The van der Waals surface area contributed by atoms with Gasteiger partial charge in [-0.2, -0.15) is 0 Å². The molecule has 0 heterocycles. The van der Waals surface area contributed by atoms with E-state index >= 15 is 0 Å².